The minimum Gasteiger partial charge on any atom is -0.362 e. The zero-order valence-corrected chi connectivity index (χ0v) is 20.3. The van der Waals surface area contributed by atoms with Gasteiger partial charge in [-0.1, -0.05) is 29.3 Å². The second kappa shape index (κ2) is 10.3. The van der Waals surface area contributed by atoms with Gasteiger partial charge >= 0.3 is 0 Å². The molecule has 1 amide bonds. The molecule has 2 aromatic rings. The van der Waals surface area contributed by atoms with Crippen LogP contribution in [0.2, 0.25) is 10.0 Å². The molecule has 2 aliphatic carbocycles. The van der Waals surface area contributed by atoms with Crippen LogP contribution in [0.3, 0.4) is 0 Å². The molecule has 32 heavy (non-hydrogen) atoms. The molecule has 0 bridgehead atoms. The molecule has 2 N–H and O–H groups in total. The van der Waals surface area contributed by atoms with Gasteiger partial charge in [0.2, 0.25) is 5.95 Å². The molecule has 1 aromatic heterocycles. The highest BCUT2D eigenvalue weighted by Gasteiger charge is 2.25. The third-order valence-electron chi connectivity index (χ3n) is 6.51. The van der Waals surface area contributed by atoms with Crippen molar-refractivity contribution in [3.8, 4) is 0 Å². The fourth-order valence-corrected chi connectivity index (χ4v) is 5.31. The lowest BCUT2D eigenvalue weighted by atomic mass is 9.86. The molecule has 1 heterocycles. The zero-order valence-electron chi connectivity index (χ0n) is 18.8. The number of halogens is 2. The largest absolute Gasteiger partial charge is 0.362 e. The number of amides is 1. The van der Waals surface area contributed by atoms with Gasteiger partial charge in [-0.15, -0.1) is 0 Å². The Morgan fingerprint density at radius 2 is 1.75 bits per heavy atom. The number of aromatic nitrogens is 2. The van der Waals surface area contributed by atoms with E-state index in [2.05, 4.69) is 29.6 Å². The van der Waals surface area contributed by atoms with E-state index in [-0.39, 0.29) is 5.91 Å². The van der Waals surface area contributed by atoms with Gasteiger partial charge < -0.3 is 15.5 Å². The van der Waals surface area contributed by atoms with Crippen LogP contribution in [0.1, 0.15) is 60.1 Å². The number of rotatable bonds is 6. The van der Waals surface area contributed by atoms with Gasteiger partial charge in [0.05, 0.1) is 21.3 Å². The number of aryl methyl sites for hydroxylation is 1. The van der Waals surface area contributed by atoms with E-state index >= 15 is 0 Å². The first-order chi connectivity index (χ1) is 15.4. The summed E-state index contributed by atoms with van der Waals surface area (Å²) in [5.41, 5.74) is 2.87. The fraction of sp³-hybridized carbons (Fsp3) is 0.542. The van der Waals surface area contributed by atoms with E-state index < -0.39 is 0 Å². The first kappa shape index (κ1) is 23.1. The summed E-state index contributed by atoms with van der Waals surface area (Å²) >= 11 is 12.3. The van der Waals surface area contributed by atoms with Gasteiger partial charge in [-0.3, -0.25) is 4.79 Å². The number of carbonyl (C=O) groups is 1. The predicted octanol–water partition coefficient (Wildman–Crippen LogP) is 5.13. The van der Waals surface area contributed by atoms with Crippen LogP contribution in [0.15, 0.2) is 18.2 Å². The smallest absolute Gasteiger partial charge is 0.254 e. The van der Waals surface area contributed by atoms with Gasteiger partial charge in [-0.05, 0) is 69.4 Å². The van der Waals surface area contributed by atoms with E-state index in [9.17, 15) is 4.79 Å². The number of nitrogens with one attached hydrogen (secondary N) is 2. The molecule has 0 aliphatic heterocycles. The highest BCUT2D eigenvalue weighted by atomic mass is 35.5. The molecule has 172 valence electrons. The molecule has 0 radical (unpaired) electrons. The van der Waals surface area contributed by atoms with E-state index in [1.807, 2.05) is 0 Å². The number of nitrogens with zero attached hydrogens (tertiary/aromatic N) is 3. The van der Waals surface area contributed by atoms with E-state index in [0.29, 0.717) is 34.1 Å². The second-order valence-electron chi connectivity index (χ2n) is 9.07. The SMILES string of the molecule is CN(C)c1nc(NC2CCC(CNC(=O)c3c(Cl)cccc3Cl)CC2)nc2c1CCCC2. The van der Waals surface area contributed by atoms with Crippen molar-refractivity contribution < 1.29 is 4.79 Å². The number of hydrogen-bond donors (Lipinski definition) is 2. The van der Waals surface area contributed by atoms with Gasteiger partial charge in [0.25, 0.3) is 5.91 Å². The van der Waals surface area contributed by atoms with Crippen molar-refractivity contribution in [2.24, 2.45) is 5.92 Å². The Kier molecular flexibility index (Phi) is 7.41. The van der Waals surface area contributed by atoms with Crippen LogP contribution in [-0.4, -0.2) is 42.6 Å². The zero-order chi connectivity index (χ0) is 22.7. The minimum atomic E-state index is -0.209. The first-order valence-electron chi connectivity index (χ1n) is 11.5. The number of carbonyl (C=O) groups excluding carboxylic acids is 1. The van der Waals surface area contributed by atoms with Crippen molar-refractivity contribution in [1.29, 1.82) is 0 Å². The van der Waals surface area contributed by atoms with Gasteiger partial charge in [0.1, 0.15) is 5.82 Å². The average molecular weight is 476 g/mol. The van der Waals surface area contributed by atoms with Crippen LogP contribution in [0.25, 0.3) is 0 Å². The highest BCUT2D eigenvalue weighted by Crippen LogP contribution is 2.30. The second-order valence-corrected chi connectivity index (χ2v) is 9.88. The van der Waals surface area contributed by atoms with Crippen molar-refractivity contribution in [2.45, 2.75) is 57.4 Å². The molecule has 1 saturated carbocycles. The third kappa shape index (κ3) is 5.29. The first-order valence-corrected chi connectivity index (χ1v) is 12.2. The Labute approximate surface area is 200 Å². The quantitative estimate of drug-likeness (QED) is 0.605. The summed E-state index contributed by atoms with van der Waals surface area (Å²) in [5.74, 6) is 2.03. The van der Waals surface area contributed by atoms with E-state index in [0.717, 1.165) is 50.3 Å². The van der Waals surface area contributed by atoms with Gasteiger partial charge in [-0.2, -0.15) is 4.98 Å². The number of hydrogen-bond acceptors (Lipinski definition) is 5. The van der Waals surface area contributed by atoms with Crippen molar-refractivity contribution in [3.05, 3.63) is 45.1 Å². The monoisotopic (exact) mass is 475 g/mol. The maximum atomic E-state index is 12.5. The summed E-state index contributed by atoms with van der Waals surface area (Å²) in [6, 6.07) is 5.47. The molecule has 0 unspecified atom stereocenters. The van der Waals surface area contributed by atoms with Gasteiger partial charge in [0, 0.05) is 32.2 Å². The topological polar surface area (TPSA) is 70.2 Å². The lowest BCUT2D eigenvalue weighted by molar-refractivity contribution is 0.0943. The Bertz CT molecular complexity index is 953. The average Bonchev–Trinajstić information content (AvgIpc) is 2.78. The summed E-state index contributed by atoms with van der Waals surface area (Å²) in [6.07, 6.45) is 8.67. The molecule has 2 aliphatic rings. The van der Waals surface area contributed by atoms with Crippen LogP contribution in [0, 0.1) is 5.92 Å². The lowest BCUT2D eigenvalue weighted by Gasteiger charge is -2.30. The minimum absolute atomic E-state index is 0.209. The summed E-state index contributed by atoms with van der Waals surface area (Å²) in [5, 5.41) is 7.35. The normalized spacial score (nSPS) is 20.4. The van der Waals surface area contributed by atoms with Crippen molar-refractivity contribution in [1.82, 2.24) is 15.3 Å². The number of benzene rings is 1. The van der Waals surface area contributed by atoms with E-state index in [4.69, 9.17) is 33.2 Å². The maximum Gasteiger partial charge on any atom is 0.254 e. The van der Waals surface area contributed by atoms with Crippen LogP contribution in [0.5, 0.6) is 0 Å². The highest BCUT2D eigenvalue weighted by molar-refractivity contribution is 6.39. The standard InChI is InChI=1S/C24H31Cl2N5O/c1-31(2)22-17-6-3-4-9-20(17)29-24(30-22)28-16-12-10-15(11-13-16)14-27-23(32)21-18(25)7-5-8-19(21)26/h5,7-8,15-16H,3-4,6,9-14H2,1-2H3,(H,27,32)(H,28,29,30). The summed E-state index contributed by atoms with van der Waals surface area (Å²) < 4.78 is 0. The molecule has 4 rings (SSSR count). The van der Waals surface area contributed by atoms with Crippen molar-refractivity contribution >= 4 is 40.9 Å². The maximum absolute atomic E-state index is 12.5. The van der Waals surface area contributed by atoms with Gasteiger partial charge in [-0.25, -0.2) is 4.98 Å². The number of anilines is 2. The fourth-order valence-electron chi connectivity index (χ4n) is 4.74. The van der Waals surface area contributed by atoms with Crippen LogP contribution in [0.4, 0.5) is 11.8 Å². The molecule has 1 aromatic carbocycles. The van der Waals surface area contributed by atoms with Crippen molar-refractivity contribution in [3.63, 3.8) is 0 Å². The van der Waals surface area contributed by atoms with Crippen molar-refractivity contribution in [2.75, 3.05) is 30.9 Å². The molecule has 0 spiro atoms. The van der Waals surface area contributed by atoms with Gasteiger partial charge in [0.15, 0.2) is 0 Å². The lowest BCUT2D eigenvalue weighted by Crippen LogP contribution is -2.34. The van der Waals surface area contributed by atoms with E-state index in [1.165, 1.54) is 24.1 Å². The van der Waals surface area contributed by atoms with E-state index in [1.54, 1.807) is 18.2 Å². The Hall–Kier alpha value is -2.05. The molecule has 0 atom stereocenters. The molecule has 6 nitrogen and oxygen atoms in total. The summed E-state index contributed by atoms with van der Waals surface area (Å²) in [6.45, 7) is 0.632. The molecule has 8 heteroatoms. The molecular formula is C24H31Cl2N5O. The predicted molar refractivity (Wildman–Crippen MR) is 131 cm³/mol. The summed E-state index contributed by atoms with van der Waals surface area (Å²) in [7, 11) is 4.10. The Balaban J connectivity index is 1.31. The van der Waals surface area contributed by atoms with Crippen LogP contribution in [-0.2, 0) is 12.8 Å². The molecular weight excluding hydrogens is 445 g/mol. The van der Waals surface area contributed by atoms with Crippen LogP contribution < -0.4 is 15.5 Å². The molecule has 1 fully saturated rings. The Morgan fingerprint density at radius 3 is 2.44 bits per heavy atom. The third-order valence-corrected chi connectivity index (χ3v) is 7.14. The van der Waals surface area contributed by atoms with Crippen LogP contribution >= 0.6 is 23.2 Å². The summed E-state index contributed by atoms with van der Waals surface area (Å²) in [4.78, 5) is 24.3. The Morgan fingerprint density at radius 1 is 1.06 bits per heavy atom. The molecule has 0 saturated heterocycles. The number of fused-ring (bicyclic) bond motifs is 1.